The number of amides is 2. The number of rotatable bonds is 5. The van der Waals surface area contributed by atoms with Gasteiger partial charge in [0, 0.05) is 18.2 Å². The summed E-state index contributed by atoms with van der Waals surface area (Å²) in [7, 11) is 0. The molecule has 1 aliphatic heterocycles. The van der Waals surface area contributed by atoms with Crippen LogP contribution in [0.5, 0.6) is 0 Å². The lowest BCUT2D eigenvalue weighted by Crippen LogP contribution is -2.61. The van der Waals surface area contributed by atoms with E-state index < -0.39 is 6.04 Å². The first-order chi connectivity index (χ1) is 13.4. The van der Waals surface area contributed by atoms with Gasteiger partial charge < -0.3 is 14.7 Å². The number of allylic oxidation sites excluding steroid dienone is 1. The average Bonchev–Trinajstić information content (AvgIpc) is 3.14. The van der Waals surface area contributed by atoms with Gasteiger partial charge in [0.1, 0.15) is 17.6 Å². The molecule has 148 valence electrons. The summed E-state index contributed by atoms with van der Waals surface area (Å²) in [6, 6.07) is 6.50. The number of carbonyl (C=O) groups is 2. The molecule has 1 aromatic carbocycles. The van der Waals surface area contributed by atoms with Gasteiger partial charge in [0.25, 0.3) is 5.91 Å². The number of halogens is 1. The first-order valence-corrected chi connectivity index (χ1v) is 9.36. The highest BCUT2D eigenvalue weighted by Gasteiger charge is 2.38. The summed E-state index contributed by atoms with van der Waals surface area (Å²) in [6.45, 7) is 6.24. The maximum Gasteiger partial charge on any atom is 0.293 e. The number of hydrogen-bond acceptors (Lipinski definition) is 4. The lowest BCUT2D eigenvalue weighted by molar-refractivity contribution is -0.129. The first kappa shape index (κ1) is 19.8. The molecule has 0 spiro atoms. The molecular weight excluding hydrogens is 361 g/mol. The quantitative estimate of drug-likeness (QED) is 0.801. The molecule has 6 nitrogen and oxygen atoms in total. The molecule has 28 heavy (non-hydrogen) atoms. The number of carbonyl (C=O) groups excluding carboxylic acids is 2. The van der Waals surface area contributed by atoms with Crippen LogP contribution in [0.4, 0.5) is 4.39 Å². The van der Waals surface area contributed by atoms with Gasteiger partial charge in [-0.15, -0.1) is 0 Å². The molecule has 0 radical (unpaired) electrons. The maximum absolute atomic E-state index is 13.1. The Balaban J connectivity index is 1.86. The zero-order chi connectivity index (χ0) is 20.3. The van der Waals surface area contributed by atoms with Crippen molar-refractivity contribution in [3.05, 3.63) is 54.1 Å². The molecule has 7 heteroatoms. The van der Waals surface area contributed by atoms with Gasteiger partial charge in [-0.3, -0.25) is 9.59 Å². The molecule has 1 fully saturated rings. The van der Waals surface area contributed by atoms with E-state index >= 15 is 0 Å². The van der Waals surface area contributed by atoms with Crippen LogP contribution in [0.3, 0.4) is 0 Å². The van der Waals surface area contributed by atoms with Gasteiger partial charge >= 0.3 is 0 Å². The van der Waals surface area contributed by atoms with Crippen LogP contribution in [0.15, 0.2) is 47.0 Å². The second-order valence-corrected chi connectivity index (χ2v) is 7.33. The van der Waals surface area contributed by atoms with Crippen molar-refractivity contribution in [2.45, 2.75) is 39.3 Å². The second kappa shape index (κ2) is 8.37. The van der Waals surface area contributed by atoms with Crippen molar-refractivity contribution in [2.24, 2.45) is 5.92 Å². The lowest BCUT2D eigenvalue weighted by Gasteiger charge is -2.38. The number of nitrogens with one attached hydrogen (secondary N) is 1. The summed E-state index contributed by atoms with van der Waals surface area (Å²) >= 11 is 0. The van der Waals surface area contributed by atoms with Crippen molar-refractivity contribution in [1.82, 2.24) is 15.4 Å². The van der Waals surface area contributed by atoms with Crippen LogP contribution in [0.25, 0.3) is 11.3 Å². The highest BCUT2D eigenvalue weighted by Crippen LogP contribution is 2.23. The van der Waals surface area contributed by atoms with Crippen LogP contribution in [-0.4, -0.2) is 40.5 Å². The van der Waals surface area contributed by atoms with Crippen molar-refractivity contribution < 1.29 is 18.5 Å². The molecule has 2 amide bonds. The Hall–Kier alpha value is -2.96. The molecule has 1 N–H and O–H groups in total. The Kier molecular flexibility index (Phi) is 5.92. The van der Waals surface area contributed by atoms with Crippen molar-refractivity contribution in [2.75, 3.05) is 6.54 Å². The minimum atomic E-state index is -0.562. The average molecular weight is 385 g/mol. The Morgan fingerprint density at radius 3 is 2.75 bits per heavy atom. The van der Waals surface area contributed by atoms with E-state index in [0.717, 1.165) is 0 Å². The van der Waals surface area contributed by atoms with Crippen LogP contribution in [0.2, 0.25) is 0 Å². The number of piperazine rings is 1. The molecule has 1 aromatic heterocycles. The van der Waals surface area contributed by atoms with E-state index in [1.54, 1.807) is 17.0 Å². The van der Waals surface area contributed by atoms with E-state index in [4.69, 9.17) is 4.52 Å². The van der Waals surface area contributed by atoms with Crippen LogP contribution < -0.4 is 5.32 Å². The SMILES string of the molecule is CC=C[C@H]1CN(C(=O)c2cc(-c3ccc(F)cc3)no2)[C@@H](CC(C)C)C(=O)N1. The van der Waals surface area contributed by atoms with Gasteiger partial charge in [-0.05, 0) is 43.5 Å². The highest BCUT2D eigenvalue weighted by molar-refractivity contribution is 5.97. The minimum absolute atomic E-state index is 0.0574. The second-order valence-electron chi connectivity index (χ2n) is 7.33. The molecule has 0 bridgehead atoms. The molecule has 0 unspecified atom stereocenters. The van der Waals surface area contributed by atoms with E-state index in [1.807, 2.05) is 32.9 Å². The molecule has 2 heterocycles. The Morgan fingerprint density at radius 2 is 2.11 bits per heavy atom. The third-order valence-corrected chi connectivity index (χ3v) is 4.64. The number of nitrogens with zero attached hydrogens (tertiary/aromatic N) is 2. The normalized spacial score (nSPS) is 20.0. The fourth-order valence-electron chi connectivity index (χ4n) is 3.33. The van der Waals surface area contributed by atoms with Gasteiger partial charge in [-0.2, -0.15) is 0 Å². The van der Waals surface area contributed by atoms with Crippen LogP contribution >= 0.6 is 0 Å². The highest BCUT2D eigenvalue weighted by atomic mass is 19.1. The zero-order valence-corrected chi connectivity index (χ0v) is 16.2. The summed E-state index contributed by atoms with van der Waals surface area (Å²) in [5.74, 6) is -0.601. The van der Waals surface area contributed by atoms with Crippen LogP contribution in [0, 0.1) is 11.7 Å². The topological polar surface area (TPSA) is 75.4 Å². The predicted octanol–water partition coefficient (Wildman–Crippen LogP) is 3.41. The van der Waals surface area contributed by atoms with Crippen molar-refractivity contribution in [3.8, 4) is 11.3 Å². The van der Waals surface area contributed by atoms with Crippen LogP contribution in [0.1, 0.15) is 37.7 Å². The Bertz CT molecular complexity index is 873. The fraction of sp³-hybridized carbons (Fsp3) is 0.381. The molecular formula is C21H24FN3O3. The molecule has 1 saturated heterocycles. The van der Waals surface area contributed by atoms with E-state index in [1.165, 1.54) is 18.2 Å². The number of benzene rings is 1. The standard InChI is InChI=1S/C21H24FN3O3/c1-4-5-16-12-25(18(10-13(2)3)20(26)23-16)21(27)19-11-17(24-28-19)14-6-8-15(22)9-7-14/h4-9,11,13,16,18H,10,12H2,1-3H3,(H,23,26)/t16-,18-/m0/s1. The van der Waals surface area contributed by atoms with Gasteiger partial charge in [-0.1, -0.05) is 31.2 Å². The van der Waals surface area contributed by atoms with E-state index in [-0.39, 0.29) is 35.4 Å². The minimum Gasteiger partial charge on any atom is -0.350 e. The van der Waals surface area contributed by atoms with Crippen molar-refractivity contribution >= 4 is 11.8 Å². The van der Waals surface area contributed by atoms with E-state index in [2.05, 4.69) is 10.5 Å². The Labute approximate surface area is 163 Å². The van der Waals surface area contributed by atoms with E-state index in [9.17, 15) is 14.0 Å². The van der Waals surface area contributed by atoms with E-state index in [0.29, 0.717) is 24.2 Å². The van der Waals surface area contributed by atoms with Crippen molar-refractivity contribution in [3.63, 3.8) is 0 Å². The third-order valence-electron chi connectivity index (χ3n) is 4.64. The summed E-state index contributed by atoms with van der Waals surface area (Å²) in [6.07, 6.45) is 4.25. The molecule has 1 aliphatic rings. The number of hydrogen-bond donors (Lipinski definition) is 1. The largest absolute Gasteiger partial charge is 0.350 e. The maximum atomic E-state index is 13.1. The lowest BCUT2D eigenvalue weighted by atomic mass is 9.97. The summed E-state index contributed by atoms with van der Waals surface area (Å²) in [4.78, 5) is 27.3. The smallest absolute Gasteiger partial charge is 0.293 e. The van der Waals surface area contributed by atoms with Gasteiger partial charge in [-0.25, -0.2) is 4.39 Å². The van der Waals surface area contributed by atoms with Gasteiger partial charge in [0.2, 0.25) is 11.7 Å². The van der Waals surface area contributed by atoms with Gasteiger partial charge in [0.15, 0.2) is 0 Å². The fourth-order valence-corrected chi connectivity index (χ4v) is 3.33. The monoisotopic (exact) mass is 385 g/mol. The summed E-state index contributed by atoms with van der Waals surface area (Å²) in [5.41, 5.74) is 1.08. The van der Waals surface area contributed by atoms with Gasteiger partial charge in [0.05, 0.1) is 6.04 Å². The molecule has 2 atom stereocenters. The summed E-state index contributed by atoms with van der Waals surface area (Å²) < 4.78 is 18.4. The van der Waals surface area contributed by atoms with Crippen molar-refractivity contribution in [1.29, 1.82) is 0 Å². The molecule has 2 aromatic rings. The molecule has 0 saturated carbocycles. The Morgan fingerprint density at radius 1 is 1.39 bits per heavy atom. The molecule has 3 rings (SSSR count). The first-order valence-electron chi connectivity index (χ1n) is 9.36. The molecule has 0 aliphatic carbocycles. The number of aromatic nitrogens is 1. The third kappa shape index (κ3) is 4.30. The van der Waals surface area contributed by atoms with Crippen LogP contribution in [-0.2, 0) is 4.79 Å². The zero-order valence-electron chi connectivity index (χ0n) is 16.2. The summed E-state index contributed by atoms with van der Waals surface area (Å²) in [5, 5.41) is 6.88. The predicted molar refractivity (Wildman–Crippen MR) is 103 cm³/mol.